The number of anilines is 2. The minimum atomic E-state index is -1.36. The predicted octanol–water partition coefficient (Wildman–Crippen LogP) is 7.69. The molecule has 0 radical (unpaired) electrons. The Morgan fingerprint density at radius 3 is 2.40 bits per heavy atom. The van der Waals surface area contributed by atoms with Crippen molar-refractivity contribution in [2.75, 3.05) is 10.6 Å². The average Bonchev–Trinajstić information content (AvgIpc) is 3.38. The number of carbonyl (C=O) groups is 2. The summed E-state index contributed by atoms with van der Waals surface area (Å²) in [6, 6.07) is 12.2. The lowest BCUT2D eigenvalue weighted by Gasteiger charge is -2.11. The molecule has 0 bridgehead atoms. The second-order valence-electron chi connectivity index (χ2n) is 7.91. The molecule has 4 rings (SSSR count). The van der Waals surface area contributed by atoms with Crippen LogP contribution in [-0.4, -0.2) is 16.1 Å². The second-order valence-corrected chi connectivity index (χ2v) is 10.2. The predicted molar refractivity (Wildman–Crippen MR) is 137 cm³/mol. The molecule has 1 aliphatic carbocycles. The molecule has 2 unspecified atom stereocenters. The summed E-state index contributed by atoms with van der Waals surface area (Å²) >= 11 is 25.2. The van der Waals surface area contributed by atoms with Crippen LogP contribution in [0.2, 0.25) is 10.0 Å². The summed E-state index contributed by atoms with van der Waals surface area (Å²) in [5.41, 5.74) is 1.44. The highest BCUT2D eigenvalue weighted by Crippen LogP contribution is 2.65. The summed E-state index contributed by atoms with van der Waals surface area (Å²) in [6.07, 6.45) is 1.62. The van der Waals surface area contributed by atoms with Crippen LogP contribution < -0.4 is 10.6 Å². The molecule has 3 aromatic carbocycles. The summed E-state index contributed by atoms with van der Waals surface area (Å²) in [5.74, 6) is -4.25. The molecule has 2 N–H and O–H groups in total. The third-order valence-electron chi connectivity index (χ3n) is 5.53. The molecule has 1 saturated carbocycles. The molecule has 2 atom stereocenters. The van der Waals surface area contributed by atoms with Crippen molar-refractivity contribution in [1.29, 1.82) is 0 Å². The Morgan fingerprint density at radius 1 is 0.971 bits per heavy atom. The van der Waals surface area contributed by atoms with Gasteiger partial charge in [0.05, 0.1) is 22.2 Å². The van der Waals surface area contributed by atoms with Crippen LogP contribution in [0.25, 0.3) is 6.08 Å². The summed E-state index contributed by atoms with van der Waals surface area (Å²) in [6.45, 7) is 3.72. The van der Waals surface area contributed by atoms with E-state index in [0.29, 0.717) is 16.7 Å². The van der Waals surface area contributed by atoms with E-state index in [1.807, 2.05) is 0 Å². The van der Waals surface area contributed by atoms with Gasteiger partial charge in [-0.05, 0) is 53.6 Å². The smallest absolute Gasteiger partial charge is 0.257 e. The van der Waals surface area contributed by atoms with Crippen LogP contribution in [0, 0.1) is 17.6 Å². The van der Waals surface area contributed by atoms with Gasteiger partial charge in [-0.2, -0.15) is 0 Å². The minimum absolute atomic E-state index is 0.0333. The molecule has 4 nitrogen and oxygen atoms in total. The molecule has 2 amide bonds. The molecular formula is C25H16Cl4F2N2O2. The standard InChI is InChI=1S/C25H16Cl4F2N2O2/c1-2-12-7-13(9-14(26)8-12)21-22(25(21,28)29)24(35)32-16-4-5-18(27)17(11-16)23(34)33-20-6-3-15(30)10-19(20)31/h2-11,21-22H,1H2,(H,32,35)(H,33,34). The van der Waals surface area contributed by atoms with Crippen molar-refractivity contribution in [2.45, 2.75) is 10.3 Å². The van der Waals surface area contributed by atoms with Gasteiger partial charge in [0.1, 0.15) is 16.0 Å². The first-order chi connectivity index (χ1) is 16.5. The summed E-state index contributed by atoms with van der Waals surface area (Å²) in [5, 5.41) is 5.53. The average molecular weight is 556 g/mol. The Balaban J connectivity index is 1.52. The van der Waals surface area contributed by atoms with Crippen LogP contribution in [0.1, 0.15) is 27.4 Å². The SMILES string of the molecule is C=Cc1cc(Cl)cc(C2C(C(=O)Nc3ccc(Cl)c(C(=O)Nc4ccc(F)cc4F)c3)C2(Cl)Cl)c1. The first-order valence-corrected chi connectivity index (χ1v) is 11.7. The minimum Gasteiger partial charge on any atom is -0.326 e. The van der Waals surface area contributed by atoms with Crippen molar-refractivity contribution in [3.8, 4) is 0 Å². The highest BCUT2D eigenvalue weighted by Gasteiger charge is 2.67. The van der Waals surface area contributed by atoms with E-state index in [9.17, 15) is 18.4 Å². The Hall–Kier alpha value is -2.64. The summed E-state index contributed by atoms with van der Waals surface area (Å²) in [7, 11) is 0. The molecule has 1 aliphatic rings. The van der Waals surface area contributed by atoms with Crippen LogP contribution in [-0.2, 0) is 4.79 Å². The van der Waals surface area contributed by atoms with Gasteiger partial charge in [-0.25, -0.2) is 8.78 Å². The van der Waals surface area contributed by atoms with Gasteiger partial charge in [0.15, 0.2) is 0 Å². The van der Waals surface area contributed by atoms with Crippen LogP contribution in [0.4, 0.5) is 20.2 Å². The van der Waals surface area contributed by atoms with Gasteiger partial charge in [0, 0.05) is 22.7 Å². The quantitative estimate of drug-likeness (QED) is 0.306. The fourth-order valence-corrected chi connectivity index (χ4v) is 5.06. The van der Waals surface area contributed by atoms with Crippen molar-refractivity contribution < 1.29 is 18.4 Å². The lowest BCUT2D eigenvalue weighted by Crippen LogP contribution is -2.18. The van der Waals surface area contributed by atoms with E-state index >= 15 is 0 Å². The van der Waals surface area contributed by atoms with E-state index in [-0.39, 0.29) is 22.0 Å². The maximum Gasteiger partial charge on any atom is 0.257 e. The van der Waals surface area contributed by atoms with E-state index in [0.717, 1.165) is 17.7 Å². The van der Waals surface area contributed by atoms with Gasteiger partial charge in [-0.3, -0.25) is 9.59 Å². The normalized spacial score (nSPS) is 18.0. The number of carbonyl (C=O) groups excluding carboxylic acids is 2. The number of nitrogens with one attached hydrogen (secondary N) is 2. The largest absolute Gasteiger partial charge is 0.326 e. The van der Waals surface area contributed by atoms with Crippen LogP contribution >= 0.6 is 46.4 Å². The second kappa shape index (κ2) is 9.78. The third kappa shape index (κ3) is 5.31. The lowest BCUT2D eigenvalue weighted by atomic mass is 10.1. The zero-order valence-corrected chi connectivity index (χ0v) is 20.7. The number of rotatable bonds is 6. The zero-order valence-electron chi connectivity index (χ0n) is 17.7. The molecule has 3 aromatic rings. The van der Waals surface area contributed by atoms with Crippen LogP contribution in [0.5, 0.6) is 0 Å². The molecule has 0 aromatic heterocycles. The zero-order chi connectivity index (χ0) is 25.5. The molecule has 180 valence electrons. The molecular weight excluding hydrogens is 540 g/mol. The number of amides is 2. The fourth-order valence-electron chi connectivity index (χ4n) is 3.78. The van der Waals surface area contributed by atoms with E-state index < -0.39 is 39.6 Å². The summed E-state index contributed by atoms with van der Waals surface area (Å²) in [4.78, 5) is 25.7. The maximum absolute atomic E-state index is 13.9. The van der Waals surface area contributed by atoms with Crippen molar-refractivity contribution in [3.63, 3.8) is 0 Å². The van der Waals surface area contributed by atoms with E-state index in [1.54, 1.807) is 24.3 Å². The van der Waals surface area contributed by atoms with Crippen molar-refractivity contribution >= 4 is 75.7 Å². The molecule has 35 heavy (non-hydrogen) atoms. The maximum atomic E-state index is 13.9. The monoisotopic (exact) mass is 554 g/mol. The van der Waals surface area contributed by atoms with Gasteiger partial charge in [-0.1, -0.05) is 41.9 Å². The number of benzene rings is 3. The molecule has 0 saturated heterocycles. The number of hydrogen-bond donors (Lipinski definition) is 2. The highest BCUT2D eigenvalue weighted by atomic mass is 35.5. The highest BCUT2D eigenvalue weighted by molar-refractivity contribution is 6.53. The molecule has 1 fully saturated rings. The Morgan fingerprint density at radius 2 is 1.71 bits per heavy atom. The Kier molecular flexibility index (Phi) is 7.11. The van der Waals surface area contributed by atoms with Gasteiger partial charge in [0.2, 0.25) is 5.91 Å². The topological polar surface area (TPSA) is 58.2 Å². The lowest BCUT2D eigenvalue weighted by molar-refractivity contribution is -0.117. The number of hydrogen-bond acceptors (Lipinski definition) is 2. The van der Waals surface area contributed by atoms with E-state index in [4.69, 9.17) is 46.4 Å². The molecule has 0 spiro atoms. The molecule has 0 aliphatic heterocycles. The van der Waals surface area contributed by atoms with Gasteiger partial charge < -0.3 is 10.6 Å². The summed E-state index contributed by atoms with van der Waals surface area (Å²) < 4.78 is 25.7. The van der Waals surface area contributed by atoms with Crippen LogP contribution in [0.15, 0.2) is 61.2 Å². The van der Waals surface area contributed by atoms with E-state index in [1.165, 1.54) is 18.2 Å². The Bertz CT molecular complexity index is 1360. The molecule has 10 heteroatoms. The van der Waals surface area contributed by atoms with E-state index in [2.05, 4.69) is 17.2 Å². The van der Waals surface area contributed by atoms with Crippen LogP contribution in [0.3, 0.4) is 0 Å². The Labute approximate surface area is 219 Å². The first-order valence-electron chi connectivity index (χ1n) is 10.2. The van der Waals surface area contributed by atoms with Gasteiger partial charge in [0.25, 0.3) is 5.91 Å². The number of alkyl halides is 2. The van der Waals surface area contributed by atoms with Crippen molar-refractivity contribution in [1.82, 2.24) is 0 Å². The first kappa shape index (κ1) is 25.5. The van der Waals surface area contributed by atoms with Gasteiger partial charge >= 0.3 is 0 Å². The van der Waals surface area contributed by atoms with Crippen molar-refractivity contribution in [2.24, 2.45) is 5.92 Å². The van der Waals surface area contributed by atoms with Crippen molar-refractivity contribution in [3.05, 3.63) is 99.5 Å². The molecule has 0 heterocycles. The fraction of sp³-hybridized carbons (Fsp3) is 0.120. The number of halogens is 6. The van der Waals surface area contributed by atoms with Gasteiger partial charge in [-0.15, -0.1) is 23.2 Å². The third-order valence-corrected chi connectivity index (χ3v) is 7.02.